The molecule has 3 N–H and O–H groups in total. The first kappa shape index (κ1) is 16.9. The van der Waals surface area contributed by atoms with E-state index in [2.05, 4.69) is 15.4 Å². The molecule has 7 heteroatoms. The molecule has 0 radical (unpaired) electrons. The van der Waals surface area contributed by atoms with Gasteiger partial charge in [-0.15, -0.1) is 0 Å². The molecule has 1 aliphatic heterocycles. The summed E-state index contributed by atoms with van der Waals surface area (Å²) in [5.41, 5.74) is 0.908. The Kier molecular flexibility index (Phi) is 6.35. The highest BCUT2D eigenvalue weighted by Crippen LogP contribution is 2.29. The summed E-state index contributed by atoms with van der Waals surface area (Å²) in [6.45, 7) is 1.95. The van der Waals surface area contributed by atoms with Crippen molar-refractivity contribution in [3.63, 3.8) is 0 Å². The van der Waals surface area contributed by atoms with Crippen LogP contribution in [0.25, 0.3) is 0 Å². The zero-order valence-corrected chi connectivity index (χ0v) is 12.5. The maximum absolute atomic E-state index is 12.3. The van der Waals surface area contributed by atoms with Crippen molar-refractivity contribution in [1.29, 1.82) is 0 Å². The second kappa shape index (κ2) is 8.26. The van der Waals surface area contributed by atoms with E-state index in [1.807, 2.05) is 0 Å². The standard InChI is InChI=1S/C15H22F2N2O3/c1-2-21-14-5-10(3-4-13(14)22-15(16)17)6-18-7-11-8-19-9-12(11)20/h3-5,11-12,15,18-20H,2,6-9H2,1H3. The molecule has 2 atom stereocenters. The first-order valence-electron chi connectivity index (χ1n) is 7.40. The van der Waals surface area contributed by atoms with Gasteiger partial charge in [0.25, 0.3) is 0 Å². The predicted octanol–water partition coefficient (Wildman–Crippen LogP) is 1.36. The maximum Gasteiger partial charge on any atom is 0.387 e. The summed E-state index contributed by atoms with van der Waals surface area (Å²) in [5, 5.41) is 16.1. The van der Waals surface area contributed by atoms with E-state index in [1.54, 1.807) is 19.1 Å². The predicted molar refractivity (Wildman–Crippen MR) is 78.3 cm³/mol. The van der Waals surface area contributed by atoms with Gasteiger partial charge >= 0.3 is 6.61 Å². The molecule has 0 bridgehead atoms. The molecule has 22 heavy (non-hydrogen) atoms. The van der Waals surface area contributed by atoms with E-state index in [1.165, 1.54) is 6.07 Å². The third-order valence-corrected chi connectivity index (χ3v) is 3.56. The van der Waals surface area contributed by atoms with Crippen LogP contribution in [0.3, 0.4) is 0 Å². The van der Waals surface area contributed by atoms with Gasteiger partial charge in [-0.05, 0) is 24.6 Å². The summed E-state index contributed by atoms with van der Waals surface area (Å²) in [5.74, 6) is 0.536. The molecule has 0 amide bonds. The summed E-state index contributed by atoms with van der Waals surface area (Å²) in [6, 6.07) is 4.90. The third kappa shape index (κ3) is 4.79. The monoisotopic (exact) mass is 316 g/mol. The molecule has 0 spiro atoms. The Hall–Kier alpha value is -1.44. The van der Waals surface area contributed by atoms with Gasteiger partial charge in [-0.2, -0.15) is 8.78 Å². The molecule has 1 aromatic carbocycles. The SMILES string of the molecule is CCOc1cc(CNCC2CNCC2O)ccc1OC(F)F. The molecule has 1 aliphatic rings. The lowest BCUT2D eigenvalue weighted by Gasteiger charge is -2.15. The Balaban J connectivity index is 1.91. The van der Waals surface area contributed by atoms with Gasteiger partial charge < -0.3 is 25.2 Å². The number of aliphatic hydroxyl groups excluding tert-OH is 1. The van der Waals surface area contributed by atoms with Gasteiger partial charge in [-0.3, -0.25) is 0 Å². The van der Waals surface area contributed by atoms with Gasteiger partial charge in [0.15, 0.2) is 11.5 Å². The summed E-state index contributed by atoms with van der Waals surface area (Å²) in [4.78, 5) is 0. The average Bonchev–Trinajstić information content (AvgIpc) is 2.87. The van der Waals surface area contributed by atoms with Crippen LogP contribution in [0.2, 0.25) is 0 Å². The minimum atomic E-state index is -2.88. The number of hydrogen-bond acceptors (Lipinski definition) is 5. The first-order chi connectivity index (χ1) is 10.6. The fraction of sp³-hybridized carbons (Fsp3) is 0.600. The van der Waals surface area contributed by atoms with Gasteiger partial charge in [0.05, 0.1) is 12.7 Å². The van der Waals surface area contributed by atoms with Crippen LogP contribution >= 0.6 is 0 Å². The summed E-state index contributed by atoms with van der Waals surface area (Å²) in [6.07, 6.45) is -0.326. The molecule has 2 unspecified atom stereocenters. The molecule has 0 aromatic heterocycles. The second-order valence-corrected chi connectivity index (χ2v) is 5.21. The Morgan fingerprint density at radius 3 is 2.82 bits per heavy atom. The Bertz CT molecular complexity index is 474. The molecule has 1 aromatic rings. The number of rotatable bonds is 8. The van der Waals surface area contributed by atoms with E-state index in [9.17, 15) is 13.9 Å². The highest BCUT2D eigenvalue weighted by molar-refractivity contribution is 5.43. The van der Waals surface area contributed by atoms with Crippen molar-refractivity contribution < 1.29 is 23.4 Å². The van der Waals surface area contributed by atoms with Gasteiger partial charge in [0.1, 0.15) is 0 Å². The van der Waals surface area contributed by atoms with E-state index >= 15 is 0 Å². The number of hydrogen-bond donors (Lipinski definition) is 3. The normalized spacial score (nSPS) is 21.3. The molecular formula is C15H22F2N2O3. The number of β-amino-alcohol motifs (C(OH)–C–C–N with tert-alkyl or cyclic N) is 1. The number of halogens is 2. The zero-order valence-electron chi connectivity index (χ0n) is 12.5. The smallest absolute Gasteiger partial charge is 0.387 e. The second-order valence-electron chi connectivity index (χ2n) is 5.21. The molecule has 1 saturated heterocycles. The van der Waals surface area contributed by atoms with Crippen LogP contribution in [0.5, 0.6) is 11.5 Å². The van der Waals surface area contributed by atoms with Crippen LogP contribution in [0.4, 0.5) is 8.78 Å². The molecule has 0 saturated carbocycles. The Labute approximate surface area is 128 Å². The topological polar surface area (TPSA) is 62.8 Å². The van der Waals surface area contributed by atoms with Crippen LogP contribution in [-0.2, 0) is 6.54 Å². The van der Waals surface area contributed by atoms with Crippen LogP contribution in [0.1, 0.15) is 12.5 Å². The van der Waals surface area contributed by atoms with Crippen LogP contribution in [0.15, 0.2) is 18.2 Å². The van der Waals surface area contributed by atoms with Crippen molar-refractivity contribution in [2.75, 3.05) is 26.2 Å². The number of ether oxygens (including phenoxy) is 2. The highest BCUT2D eigenvalue weighted by atomic mass is 19.3. The van der Waals surface area contributed by atoms with E-state index < -0.39 is 6.61 Å². The molecule has 5 nitrogen and oxygen atoms in total. The van der Waals surface area contributed by atoms with E-state index in [-0.39, 0.29) is 17.8 Å². The maximum atomic E-state index is 12.3. The van der Waals surface area contributed by atoms with E-state index in [4.69, 9.17) is 4.74 Å². The van der Waals surface area contributed by atoms with Gasteiger partial charge in [0, 0.05) is 32.1 Å². The number of benzene rings is 1. The fourth-order valence-corrected chi connectivity index (χ4v) is 2.45. The molecule has 0 aliphatic carbocycles. The van der Waals surface area contributed by atoms with Crippen LogP contribution in [0, 0.1) is 5.92 Å². The van der Waals surface area contributed by atoms with E-state index in [0.717, 1.165) is 12.1 Å². The third-order valence-electron chi connectivity index (χ3n) is 3.56. The van der Waals surface area contributed by atoms with Crippen molar-refractivity contribution in [3.05, 3.63) is 23.8 Å². The summed E-state index contributed by atoms with van der Waals surface area (Å²) < 4.78 is 34.4. The Morgan fingerprint density at radius 1 is 1.36 bits per heavy atom. The van der Waals surface area contributed by atoms with Crippen molar-refractivity contribution in [2.45, 2.75) is 26.2 Å². The Morgan fingerprint density at radius 2 is 2.18 bits per heavy atom. The van der Waals surface area contributed by atoms with Gasteiger partial charge in [0.2, 0.25) is 0 Å². The summed E-state index contributed by atoms with van der Waals surface area (Å²) in [7, 11) is 0. The number of aliphatic hydroxyl groups is 1. The van der Waals surface area contributed by atoms with Crippen molar-refractivity contribution in [1.82, 2.24) is 10.6 Å². The number of nitrogens with one attached hydrogen (secondary N) is 2. The van der Waals surface area contributed by atoms with Crippen molar-refractivity contribution >= 4 is 0 Å². The molecule has 1 fully saturated rings. The average molecular weight is 316 g/mol. The zero-order chi connectivity index (χ0) is 15.9. The van der Waals surface area contributed by atoms with Crippen molar-refractivity contribution in [2.24, 2.45) is 5.92 Å². The minimum absolute atomic E-state index is 0.0380. The van der Waals surface area contributed by atoms with Gasteiger partial charge in [-0.1, -0.05) is 6.07 Å². The van der Waals surface area contributed by atoms with Crippen LogP contribution in [-0.4, -0.2) is 44.1 Å². The van der Waals surface area contributed by atoms with Gasteiger partial charge in [-0.25, -0.2) is 0 Å². The fourth-order valence-electron chi connectivity index (χ4n) is 2.45. The first-order valence-corrected chi connectivity index (χ1v) is 7.40. The molecule has 124 valence electrons. The lowest BCUT2D eigenvalue weighted by molar-refractivity contribution is -0.0514. The molecule has 2 rings (SSSR count). The molecular weight excluding hydrogens is 294 g/mol. The van der Waals surface area contributed by atoms with Crippen LogP contribution < -0.4 is 20.1 Å². The lowest BCUT2D eigenvalue weighted by Crippen LogP contribution is -2.30. The molecule has 1 heterocycles. The minimum Gasteiger partial charge on any atom is -0.490 e. The quantitative estimate of drug-likeness (QED) is 0.676. The summed E-state index contributed by atoms with van der Waals surface area (Å²) >= 11 is 0. The lowest BCUT2D eigenvalue weighted by atomic mass is 10.1. The highest BCUT2D eigenvalue weighted by Gasteiger charge is 2.24. The van der Waals surface area contributed by atoms with E-state index in [0.29, 0.717) is 32.0 Å². The largest absolute Gasteiger partial charge is 0.490 e. The van der Waals surface area contributed by atoms with Crippen molar-refractivity contribution in [3.8, 4) is 11.5 Å². The number of alkyl halides is 2.